The van der Waals surface area contributed by atoms with Gasteiger partial charge in [-0.15, -0.1) is 0 Å². The van der Waals surface area contributed by atoms with Gasteiger partial charge in [0.2, 0.25) is 0 Å². The highest BCUT2D eigenvalue weighted by atomic mass is 35.5. The highest BCUT2D eigenvalue weighted by molar-refractivity contribution is 6.31. The Labute approximate surface area is 94.4 Å². The van der Waals surface area contributed by atoms with Crippen molar-refractivity contribution in [3.05, 3.63) is 23.0 Å². The Morgan fingerprint density at radius 1 is 1.67 bits per heavy atom. The van der Waals surface area contributed by atoms with Crippen molar-refractivity contribution in [2.24, 2.45) is 5.73 Å². The van der Waals surface area contributed by atoms with Crippen molar-refractivity contribution < 1.29 is 4.79 Å². The van der Waals surface area contributed by atoms with Gasteiger partial charge in [0.05, 0.1) is 5.02 Å². The van der Waals surface area contributed by atoms with Gasteiger partial charge in [0.25, 0.3) is 5.91 Å². The Morgan fingerprint density at radius 2 is 2.40 bits per heavy atom. The summed E-state index contributed by atoms with van der Waals surface area (Å²) in [4.78, 5) is 11.7. The van der Waals surface area contributed by atoms with Gasteiger partial charge in [0.1, 0.15) is 5.69 Å². The molecule has 1 aromatic rings. The van der Waals surface area contributed by atoms with Crippen LogP contribution in [0.4, 0.5) is 0 Å². The molecule has 0 saturated heterocycles. The van der Waals surface area contributed by atoms with E-state index >= 15 is 0 Å². The first-order valence-corrected chi connectivity index (χ1v) is 5.40. The van der Waals surface area contributed by atoms with E-state index in [1.165, 1.54) is 0 Å². The number of aromatic nitrogens is 1. The summed E-state index contributed by atoms with van der Waals surface area (Å²) in [5.74, 6) is -0.0998. The van der Waals surface area contributed by atoms with Crippen molar-refractivity contribution in [2.45, 2.75) is 19.9 Å². The zero-order chi connectivity index (χ0) is 11.3. The molecule has 1 amide bonds. The molecule has 0 atom stereocenters. The third-order valence-corrected chi connectivity index (χ3v) is 2.31. The van der Waals surface area contributed by atoms with Gasteiger partial charge in [-0.2, -0.15) is 0 Å². The van der Waals surface area contributed by atoms with Crippen molar-refractivity contribution in [1.82, 2.24) is 9.88 Å². The zero-order valence-electron chi connectivity index (χ0n) is 8.79. The maximum Gasteiger partial charge on any atom is 0.267 e. The number of hydrogen-bond acceptors (Lipinski definition) is 2. The third-order valence-electron chi connectivity index (χ3n) is 2.10. The van der Waals surface area contributed by atoms with E-state index in [4.69, 9.17) is 17.3 Å². The second kappa shape index (κ2) is 5.78. The van der Waals surface area contributed by atoms with E-state index in [0.717, 1.165) is 13.0 Å². The molecule has 0 bridgehead atoms. The molecule has 5 heteroatoms. The van der Waals surface area contributed by atoms with Crippen LogP contribution in [0.3, 0.4) is 0 Å². The van der Waals surface area contributed by atoms with Gasteiger partial charge in [-0.1, -0.05) is 11.6 Å². The molecule has 0 saturated carbocycles. The topological polar surface area (TPSA) is 60.0 Å². The molecule has 84 valence electrons. The molecule has 0 radical (unpaired) electrons. The zero-order valence-corrected chi connectivity index (χ0v) is 9.55. The lowest BCUT2D eigenvalue weighted by Crippen LogP contribution is -2.27. The number of aryl methyl sites for hydroxylation is 1. The summed E-state index contributed by atoms with van der Waals surface area (Å²) in [6, 6.07) is 1.67. The van der Waals surface area contributed by atoms with E-state index < -0.39 is 0 Å². The van der Waals surface area contributed by atoms with Crippen LogP contribution in [-0.2, 0) is 6.54 Å². The SMILES string of the molecule is CCn1cc(Cl)cc1C(=O)NCCCN. The van der Waals surface area contributed by atoms with Crippen molar-refractivity contribution in [3.8, 4) is 0 Å². The van der Waals surface area contributed by atoms with Crippen LogP contribution >= 0.6 is 11.6 Å². The molecule has 3 N–H and O–H groups in total. The molecule has 0 aliphatic rings. The van der Waals surface area contributed by atoms with E-state index in [1.54, 1.807) is 12.3 Å². The first-order chi connectivity index (χ1) is 7.19. The minimum atomic E-state index is -0.0998. The summed E-state index contributed by atoms with van der Waals surface area (Å²) in [5, 5.41) is 3.37. The van der Waals surface area contributed by atoms with Gasteiger partial charge in [-0.25, -0.2) is 0 Å². The average Bonchev–Trinajstić information content (AvgIpc) is 2.60. The number of nitrogens with one attached hydrogen (secondary N) is 1. The van der Waals surface area contributed by atoms with Crippen LogP contribution in [-0.4, -0.2) is 23.6 Å². The lowest BCUT2D eigenvalue weighted by Gasteiger charge is -2.06. The molecule has 0 aromatic carbocycles. The molecule has 15 heavy (non-hydrogen) atoms. The van der Waals surface area contributed by atoms with Crippen molar-refractivity contribution in [2.75, 3.05) is 13.1 Å². The van der Waals surface area contributed by atoms with Gasteiger partial charge in [0.15, 0.2) is 0 Å². The van der Waals surface area contributed by atoms with Crippen LogP contribution in [0.25, 0.3) is 0 Å². The number of carbonyl (C=O) groups is 1. The Bertz CT molecular complexity index is 335. The molecule has 0 fully saturated rings. The van der Waals surface area contributed by atoms with Crippen molar-refractivity contribution >= 4 is 17.5 Å². The smallest absolute Gasteiger partial charge is 0.267 e. The van der Waals surface area contributed by atoms with Crippen molar-refractivity contribution in [3.63, 3.8) is 0 Å². The Morgan fingerprint density at radius 3 is 3.00 bits per heavy atom. The van der Waals surface area contributed by atoms with E-state index in [0.29, 0.717) is 23.8 Å². The molecule has 4 nitrogen and oxygen atoms in total. The van der Waals surface area contributed by atoms with E-state index in [-0.39, 0.29) is 5.91 Å². The fraction of sp³-hybridized carbons (Fsp3) is 0.500. The monoisotopic (exact) mass is 229 g/mol. The van der Waals surface area contributed by atoms with Gasteiger partial charge in [0, 0.05) is 19.3 Å². The number of carbonyl (C=O) groups excluding carboxylic acids is 1. The molecular formula is C10H16ClN3O. The number of nitrogens with zero attached hydrogens (tertiary/aromatic N) is 1. The molecule has 1 aromatic heterocycles. The van der Waals surface area contributed by atoms with E-state index in [9.17, 15) is 4.79 Å². The fourth-order valence-corrected chi connectivity index (χ4v) is 1.54. The van der Waals surface area contributed by atoms with Crippen LogP contribution in [0.15, 0.2) is 12.3 Å². The number of amides is 1. The summed E-state index contributed by atoms with van der Waals surface area (Å²) in [7, 11) is 0. The molecule has 0 unspecified atom stereocenters. The third kappa shape index (κ3) is 3.25. The lowest BCUT2D eigenvalue weighted by molar-refractivity contribution is 0.0944. The number of nitrogens with two attached hydrogens (primary N) is 1. The van der Waals surface area contributed by atoms with Gasteiger partial charge >= 0.3 is 0 Å². The Kier molecular flexibility index (Phi) is 4.65. The molecule has 0 spiro atoms. The van der Waals surface area contributed by atoms with Crippen LogP contribution < -0.4 is 11.1 Å². The van der Waals surface area contributed by atoms with Gasteiger partial charge < -0.3 is 15.6 Å². The maximum absolute atomic E-state index is 11.7. The number of rotatable bonds is 5. The second-order valence-corrected chi connectivity index (χ2v) is 3.66. The molecule has 1 heterocycles. The summed E-state index contributed by atoms with van der Waals surface area (Å²) >= 11 is 5.83. The first kappa shape index (κ1) is 12.1. The number of hydrogen-bond donors (Lipinski definition) is 2. The molecular weight excluding hydrogens is 214 g/mol. The van der Waals surface area contributed by atoms with Crippen LogP contribution in [0.5, 0.6) is 0 Å². The minimum absolute atomic E-state index is 0.0998. The van der Waals surface area contributed by atoms with Crippen LogP contribution in [0.2, 0.25) is 5.02 Å². The van der Waals surface area contributed by atoms with Crippen molar-refractivity contribution in [1.29, 1.82) is 0 Å². The fourth-order valence-electron chi connectivity index (χ4n) is 1.32. The second-order valence-electron chi connectivity index (χ2n) is 3.23. The molecule has 1 rings (SSSR count). The quantitative estimate of drug-likeness (QED) is 0.747. The highest BCUT2D eigenvalue weighted by Crippen LogP contribution is 2.13. The maximum atomic E-state index is 11.7. The summed E-state index contributed by atoms with van der Waals surface area (Å²) in [6.07, 6.45) is 2.53. The lowest BCUT2D eigenvalue weighted by atomic mass is 10.3. The van der Waals surface area contributed by atoms with E-state index in [2.05, 4.69) is 5.32 Å². The first-order valence-electron chi connectivity index (χ1n) is 5.03. The van der Waals surface area contributed by atoms with Crippen LogP contribution in [0.1, 0.15) is 23.8 Å². The summed E-state index contributed by atoms with van der Waals surface area (Å²) in [6.45, 7) is 3.87. The Balaban J connectivity index is 2.64. The largest absolute Gasteiger partial charge is 0.351 e. The van der Waals surface area contributed by atoms with Gasteiger partial charge in [-0.05, 0) is 26.0 Å². The number of halogens is 1. The standard InChI is InChI=1S/C10H16ClN3O/c1-2-14-7-8(11)6-9(14)10(15)13-5-3-4-12/h6-7H,2-5,12H2,1H3,(H,13,15). The molecule has 0 aliphatic heterocycles. The van der Waals surface area contributed by atoms with E-state index in [1.807, 2.05) is 11.5 Å². The van der Waals surface area contributed by atoms with Crippen LogP contribution in [0, 0.1) is 0 Å². The predicted molar refractivity (Wildman–Crippen MR) is 61.1 cm³/mol. The summed E-state index contributed by atoms with van der Waals surface area (Å²) in [5.41, 5.74) is 5.93. The molecule has 0 aliphatic carbocycles. The summed E-state index contributed by atoms with van der Waals surface area (Å²) < 4.78 is 1.82. The Hall–Kier alpha value is -1.00. The normalized spacial score (nSPS) is 10.3. The highest BCUT2D eigenvalue weighted by Gasteiger charge is 2.11. The van der Waals surface area contributed by atoms with Gasteiger partial charge in [-0.3, -0.25) is 4.79 Å². The minimum Gasteiger partial charge on any atom is -0.351 e. The average molecular weight is 230 g/mol. The predicted octanol–water partition coefficient (Wildman–Crippen LogP) is 1.24.